The fourth-order valence-corrected chi connectivity index (χ4v) is 2.37. The number of fused-ring (bicyclic) bond motifs is 1. The summed E-state index contributed by atoms with van der Waals surface area (Å²) in [4.78, 5) is 4.56. The topological polar surface area (TPSA) is 60.2 Å². The van der Waals surface area contributed by atoms with Crippen LogP contribution in [0.1, 0.15) is 25.3 Å². The van der Waals surface area contributed by atoms with Crippen LogP contribution < -0.4 is 16.0 Å². The van der Waals surface area contributed by atoms with Gasteiger partial charge in [-0.2, -0.15) is 0 Å². The molecule has 0 saturated carbocycles. The molecule has 0 amide bonds. The number of ether oxygens (including phenoxy) is 1. The Hall–Kier alpha value is -1.33. The van der Waals surface area contributed by atoms with E-state index in [2.05, 4.69) is 46.3 Å². The van der Waals surface area contributed by atoms with Gasteiger partial charge in [-0.15, -0.1) is 0 Å². The lowest BCUT2D eigenvalue weighted by Crippen LogP contribution is -2.12. The summed E-state index contributed by atoms with van der Waals surface area (Å²) >= 11 is 3.54. The number of hydrazine groups is 1. The summed E-state index contributed by atoms with van der Waals surface area (Å²) in [5.41, 5.74) is 4.54. The molecule has 0 spiro atoms. The minimum Gasteiger partial charge on any atom is -0.494 e. The maximum atomic E-state index is 5.54. The lowest BCUT2D eigenvalue weighted by Gasteiger charge is -2.14. The third kappa shape index (κ3) is 2.15. The van der Waals surface area contributed by atoms with Crippen LogP contribution >= 0.6 is 15.9 Å². The Kier molecular flexibility index (Phi) is 3.73. The lowest BCUT2D eigenvalue weighted by molar-refractivity contribution is 0.419. The zero-order valence-corrected chi connectivity index (χ0v) is 12.2. The number of nitrogen functional groups attached to an aromatic ring is 1. The molecule has 2 rings (SSSR count). The summed E-state index contributed by atoms with van der Waals surface area (Å²) in [5, 5.41) is 1.03. The maximum Gasteiger partial charge on any atom is 0.145 e. The number of benzene rings is 1. The number of hydrogen-bond donors (Lipinski definition) is 2. The molecule has 0 bridgehead atoms. The van der Waals surface area contributed by atoms with Crippen LogP contribution in [0.2, 0.25) is 0 Å². The zero-order valence-electron chi connectivity index (χ0n) is 10.6. The van der Waals surface area contributed by atoms with E-state index in [1.165, 1.54) is 0 Å². The Labute approximate surface area is 115 Å². The van der Waals surface area contributed by atoms with Crippen molar-refractivity contribution in [2.45, 2.75) is 19.8 Å². The molecule has 1 heterocycles. The molecule has 1 aromatic heterocycles. The van der Waals surface area contributed by atoms with Gasteiger partial charge >= 0.3 is 0 Å². The van der Waals surface area contributed by atoms with E-state index in [-0.39, 0.29) is 0 Å². The molecule has 0 unspecified atom stereocenters. The van der Waals surface area contributed by atoms with Gasteiger partial charge in [-0.25, -0.2) is 10.8 Å². The summed E-state index contributed by atoms with van der Waals surface area (Å²) in [6.07, 6.45) is 0. The molecule has 3 N–H and O–H groups in total. The van der Waals surface area contributed by atoms with E-state index in [1.54, 1.807) is 7.11 Å². The van der Waals surface area contributed by atoms with Gasteiger partial charge in [-0.1, -0.05) is 29.8 Å². The second-order valence-corrected chi connectivity index (χ2v) is 5.23. The van der Waals surface area contributed by atoms with Gasteiger partial charge in [0.15, 0.2) is 0 Å². The van der Waals surface area contributed by atoms with Crippen LogP contribution in [0, 0.1) is 0 Å². The largest absolute Gasteiger partial charge is 0.494 e. The number of nitrogens with two attached hydrogens (primary N) is 1. The summed E-state index contributed by atoms with van der Waals surface area (Å²) in [6.45, 7) is 4.22. The first kappa shape index (κ1) is 13.1. The highest BCUT2D eigenvalue weighted by Crippen LogP contribution is 2.34. The highest BCUT2D eigenvalue weighted by atomic mass is 79.9. The minimum atomic E-state index is 0.339. The van der Waals surface area contributed by atoms with E-state index in [4.69, 9.17) is 10.6 Å². The van der Waals surface area contributed by atoms with Gasteiger partial charge in [0, 0.05) is 9.86 Å². The monoisotopic (exact) mass is 309 g/mol. The van der Waals surface area contributed by atoms with E-state index in [0.717, 1.165) is 26.7 Å². The number of pyridine rings is 1. The molecule has 0 saturated heterocycles. The SMILES string of the molecule is COc1ccc(Br)c2cc(C(C)C)c(NN)nc12. The van der Waals surface area contributed by atoms with Crippen molar-refractivity contribution in [1.82, 2.24) is 4.98 Å². The Morgan fingerprint density at radius 1 is 1.39 bits per heavy atom. The molecule has 1 aromatic carbocycles. The number of nitrogens with zero attached hydrogens (tertiary/aromatic N) is 1. The molecular weight excluding hydrogens is 294 g/mol. The second-order valence-electron chi connectivity index (χ2n) is 4.37. The average Bonchev–Trinajstić information content (AvgIpc) is 2.37. The smallest absolute Gasteiger partial charge is 0.145 e. The minimum absolute atomic E-state index is 0.339. The number of anilines is 1. The first-order valence-electron chi connectivity index (χ1n) is 5.72. The van der Waals surface area contributed by atoms with Crippen molar-refractivity contribution in [2.24, 2.45) is 5.84 Å². The van der Waals surface area contributed by atoms with Crippen molar-refractivity contribution in [3.8, 4) is 5.75 Å². The van der Waals surface area contributed by atoms with Crippen LogP contribution in [-0.2, 0) is 0 Å². The quantitative estimate of drug-likeness (QED) is 0.674. The van der Waals surface area contributed by atoms with Gasteiger partial charge in [0.25, 0.3) is 0 Å². The van der Waals surface area contributed by atoms with Gasteiger partial charge in [0.05, 0.1) is 7.11 Å². The average molecular weight is 310 g/mol. The van der Waals surface area contributed by atoms with E-state index in [9.17, 15) is 0 Å². The molecule has 0 fully saturated rings. The van der Waals surface area contributed by atoms with Crippen molar-refractivity contribution in [3.05, 3.63) is 28.2 Å². The molecule has 5 heteroatoms. The van der Waals surface area contributed by atoms with Gasteiger partial charge in [-0.3, -0.25) is 0 Å². The first-order chi connectivity index (χ1) is 8.58. The van der Waals surface area contributed by atoms with E-state index in [1.807, 2.05) is 12.1 Å². The summed E-state index contributed by atoms with van der Waals surface area (Å²) < 4.78 is 6.33. The third-order valence-corrected chi connectivity index (χ3v) is 3.59. The number of nitrogens with one attached hydrogen (secondary N) is 1. The van der Waals surface area contributed by atoms with Crippen LogP contribution in [0.3, 0.4) is 0 Å². The molecule has 2 aromatic rings. The summed E-state index contributed by atoms with van der Waals surface area (Å²) in [7, 11) is 1.64. The highest BCUT2D eigenvalue weighted by Gasteiger charge is 2.13. The molecule has 18 heavy (non-hydrogen) atoms. The Bertz CT molecular complexity index is 584. The predicted octanol–water partition coefficient (Wildman–Crippen LogP) is 3.41. The Morgan fingerprint density at radius 3 is 2.67 bits per heavy atom. The molecule has 0 atom stereocenters. The normalized spacial score (nSPS) is 11.0. The molecular formula is C13H16BrN3O. The number of methoxy groups -OCH3 is 1. The first-order valence-corrected chi connectivity index (χ1v) is 6.51. The molecule has 0 aliphatic heterocycles. The number of hydrogen-bond acceptors (Lipinski definition) is 4. The van der Waals surface area contributed by atoms with Crippen molar-refractivity contribution in [2.75, 3.05) is 12.5 Å². The Morgan fingerprint density at radius 2 is 2.11 bits per heavy atom. The molecule has 0 aliphatic carbocycles. The van der Waals surface area contributed by atoms with E-state index in [0.29, 0.717) is 11.7 Å². The molecule has 96 valence electrons. The maximum absolute atomic E-state index is 5.54. The van der Waals surface area contributed by atoms with Crippen molar-refractivity contribution in [3.63, 3.8) is 0 Å². The second kappa shape index (κ2) is 5.12. The van der Waals surface area contributed by atoms with Crippen molar-refractivity contribution < 1.29 is 4.74 Å². The molecule has 0 radical (unpaired) electrons. The number of halogens is 1. The van der Waals surface area contributed by atoms with Crippen LogP contribution in [-0.4, -0.2) is 12.1 Å². The zero-order chi connectivity index (χ0) is 13.3. The van der Waals surface area contributed by atoms with Crippen LogP contribution in [0.15, 0.2) is 22.7 Å². The van der Waals surface area contributed by atoms with Gasteiger partial charge in [-0.05, 0) is 29.7 Å². The molecule has 0 aliphatic rings. The standard InChI is InChI=1S/C13H16BrN3O/c1-7(2)8-6-9-10(14)4-5-11(18-3)12(9)16-13(8)17-15/h4-7H,15H2,1-3H3,(H,16,17). The third-order valence-electron chi connectivity index (χ3n) is 2.90. The van der Waals surface area contributed by atoms with Gasteiger partial charge < -0.3 is 10.2 Å². The fraction of sp³-hybridized carbons (Fsp3) is 0.308. The van der Waals surface area contributed by atoms with Crippen molar-refractivity contribution >= 4 is 32.7 Å². The van der Waals surface area contributed by atoms with Gasteiger partial charge in [0.2, 0.25) is 0 Å². The van der Waals surface area contributed by atoms with Crippen molar-refractivity contribution in [1.29, 1.82) is 0 Å². The van der Waals surface area contributed by atoms with Gasteiger partial charge in [0.1, 0.15) is 17.1 Å². The van der Waals surface area contributed by atoms with Crippen LogP contribution in [0.5, 0.6) is 5.75 Å². The summed E-state index contributed by atoms with van der Waals surface area (Å²) in [5.74, 6) is 7.31. The predicted molar refractivity (Wildman–Crippen MR) is 77.9 cm³/mol. The Balaban J connectivity index is 2.81. The fourth-order valence-electron chi connectivity index (χ4n) is 1.94. The van der Waals surface area contributed by atoms with Crippen LogP contribution in [0.25, 0.3) is 10.9 Å². The van der Waals surface area contributed by atoms with Crippen LogP contribution in [0.4, 0.5) is 5.82 Å². The number of rotatable bonds is 3. The number of aromatic nitrogens is 1. The van der Waals surface area contributed by atoms with E-state index < -0.39 is 0 Å². The summed E-state index contributed by atoms with van der Waals surface area (Å²) in [6, 6.07) is 5.94. The highest BCUT2D eigenvalue weighted by molar-refractivity contribution is 9.10. The lowest BCUT2D eigenvalue weighted by atomic mass is 10.0. The van der Waals surface area contributed by atoms with E-state index >= 15 is 0 Å². The molecule has 4 nitrogen and oxygen atoms in total.